The Morgan fingerprint density at radius 2 is 1.83 bits per heavy atom. The molecule has 3 nitrogen and oxygen atoms in total. The van der Waals surface area contributed by atoms with Crippen molar-refractivity contribution in [1.82, 2.24) is 0 Å². The SMILES string of the molecule is C[C@]12CC[C@H]3[C@@H](CC=C4CCCC[C@@]43C)[C@@H]1CC[C@@H]2CC(O)(O)O. The van der Waals surface area contributed by atoms with Crippen molar-refractivity contribution in [2.45, 2.75) is 84.0 Å². The summed E-state index contributed by atoms with van der Waals surface area (Å²) in [4.78, 5) is 0. The van der Waals surface area contributed by atoms with Crippen molar-refractivity contribution in [2.24, 2.45) is 34.5 Å². The fourth-order valence-electron chi connectivity index (χ4n) is 7.47. The zero-order valence-corrected chi connectivity index (χ0v) is 15.3. The van der Waals surface area contributed by atoms with E-state index in [1.807, 2.05) is 0 Å². The van der Waals surface area contributed by atoms with Gasteiger partial charge in [-0.3, -0.25) is 0 Å². The Morgan fingerprint density at radius 3 is 2.58 bits per heavy atom. The van der Waals surface area contributed by atoms with Crippen LogP contribution in [0.4, 0.5) is 0 Å². The Bertz CT molecular complexity index is 534. The first-order valence-electron chi connectivity index (χ1n) is 10.1. The Balaban J connectivity index is 1.60. The zero-order valence-electron chi connectivity index (χ0n) is 15.3. The lowest BCUT2D eigenvalue weighted by Gasteiger charge is -2.57. The average molecular weight is 334 g/mol. The van der Waals surface area contributed by atoms with E-state index < -0.39 is 5.97 Å². The molecule has 4 aliphatic carbocycles. The van der Waals surface area contributed by atoms with E-state index in [2.05, 4.69) is 19.9 Å². The summed E-state index contributed by atoms with van der Waals surface area (Å²) in [7, 11) is 0. The molecule has 0 aromatic carbocycles. The molecule has 0 aromatic heterocycles. The molecule has 3 saturated carbocycles. The number of hydrogen-bond donors (Lipinski definition) is 3. The minimum Gasteiger partial charge on any atom is -0.344 e. The zero-order chi connectivity index (χ0) is 17.2. The van der Waals surface area contributed by atoms with Crippen molar-refractivity contribution in [3.8, 4) is 0 Å². The summed E-state index contributed by atoms with van der Waals surface area (Å²) >= 11 is 0. The van der Waals surface area contributed by atoms with E-state index in [1.165, 1.54) is 51.4 Å². The molecule has 0 aliphatic heterocycles. The summed E-state index contributed by atoms with van der Waals surface area (Å²) in [6.45, 7) is 4.89. The molecular weight excluding hydrogens is 300 g/mol. The monoisotopic (exact) mass is 334 g/mol. The second-order valence-corrected chi connectivity index (χ2v) is 9.76. The lowest BCUT2D eigenvalue weighted by Crippen LogP contribution is -2.50. The normalized spacial score (nSPS) is 48.3. The summed E-state index contributed by atoms with van der Waals surface area (Å²) in [5.74, 6) is -0.0232. The van der Waals surface area contributed by atoms with E-state index in [4.69, 9.17) is 0 Å². The van der Waals surface area contributed by atoms with Crippen LogP contribution in [0, 0.1) is 34.5 Å². The van der Waals surface area contributed by atoms with Crippen LogP contribution >= 0.6 is 0 Å². The summed E-state index contributed by atoms with van der Waals surface area (Å²) in [6.07, 6.45) is 14.0. The van der Waals surface area contributed by atoms with Crippen molar-refractivity contribution in [1.29, 1.82) is 0 Å². The van der Waals surface area contributed by atoms with Gasteiger partial charge in [-0.05, 0) is 85.9 Å². The second kappa shape index (κ2) is 5.56. The molecule has 0 amide bonds. The predicted octanol–water partition coefficient (Wildman–Crippen LogP) is 3.98. The van der Waals surface area contributed by atoms with Gasteiger partial charge >= 0.3 is 0 Å². The summed E-state index contributed by atoms with van der Waals surface area (Å²) in [6, 6.07) is 0. The van der Waals surface area contributed by atoms with Crippen molar-refractivity contribution < 1.29 is 15.3 Å². The summed E-state index contributed by atoms with van der Waals surface area (Å²) < 4.78 is 0. The Morgan fingerprint density at radius 1 is 1.04 bits per heavy atom. The molecular formula is C21H34O3. The maximum atomic E-state index is 9.51. The molecule has 0 bridgehead atoms. The molecule has 6 atom stereocenters. The Kier molecular flexibility index (Phi) is 3.95. The topological polar surface area (TPSA) is 60.7 Å². The number of fused-ring (bicyclic) bond motifs is 5. The van der Waals surface area contributed by atoms with Gasteiger partial charge in [-0.2, -0.15) is 0 Å². The lowest BCUT2D eigenvalue weighted by molar-refractivity contribution is -0.323. The van der Waals surface area contributed by atoms with Crippen molar-refractivity contribution in [3.63, 3.8) is 0 Å². The highest BCUT2D eigenvalue weighted by molar-refractivity contribution is 5.24. The highest BCUT2D eigenvalue weighted by Gasteiger charge is 2.58. The number of aliphatic hydroxyl groups is 3. The molecule has 0 radical (unpaired) electrons. The lowest BCUT2D eigenvalue weighted by atomic mass is 9.47. The molecule has 0 saturated heterocycles. The van der Waals surface area contributed by atoms with Gasteiger partial charge in [0.1, 0.15) is 0 Å². The van der Waals surface area contributed by atoms with Gasteiger partial charge < -0.3 is 15.3 Å². The Labute approximate surface area is 146 Å². The maximum Gasteiger partial charge on any atom is 0.275 e. The molecule has 0 unspecified atom stereocenters. The number of hydrogen-bond acceptors (Lipinski definition) is 3. The minimum absolute atomic E-state index is 0.107. The van der Waals surface area contributed by atoms with Gasteiger partial charge in [0, 0.05) is 6.42 Å². The standard InChI is InChI=1S/C21H34O3/c1-19-11-4-3-5-14(19)6-8-16-17-9-7-15(13-21(22,23)24)20(17,2)12-10-18(16)19/h6,15-18,22-24H,3-5,7-13H2,1-2H3/t15-,16+,17+,18+,19+,20-/m1/s1. The van der Waals surface area contributed by atoms with Crippen LogP contribution < -0.4 is 0 Å². The fourth-order valence-corrected chi connectivity index (χ4v) is 7.47. The fraction of sp³-hybridized carbons (Fsp3) is 0.905. The van der Waals surface area contributed by atoms with Gasteiger partial charge in [-0.15, -0.1) is 0 Å². The van der Waals surface area contributed by atoms with Gasteiger partial charge in [-0.25, -0.2) is 0 Å². The van der Waals surface area contributed by atoms with E-state index in [1.54, 1.807) is 5.57 Å². The van der Waals surface area contributed by atoms with Gasteiger partial charge in [0.15, 0.2) is 0 Å². The van der Waals surface area contributed by atoms with Crippen molar-refractivity contribution >= 4 is 0 Å². The molecule has 24 heavy (non-hydrogen) atoms. The molecule has 3 heteroatoms. The van der Waals surface area contributed by atoms with Crippen molar-refractivity contribution in [3.05, 3.63) is 11.6 Å². The molecule has 0 aromatic rings. The van der Waals surface area contributed by atoms with Crippen LogP contribution in [0.2, 0.25) is 0 Å². The molecule has 3 N–H and O–H groups in total. The van der Waals surface area contributed by atoms with Gasteiger partial charge in [0.05, 0.1) is 0 Å². The first kappa shape index (κ1) is 17.1. The van der Waals surface area contributed by atoms with Crippen LogP contribution in [0.5, 0.6) is 0 Å². The average Bonchev–Trinajstić information content (AvgIpc) is 2.82. The van der Waals surface area contributed by atoms with E-state index in [0.29, 0.717) is 11.3 Å². The molecule has 0 heterocycles. The quantitative estimate of drug-likeness (QED) is 0.529. The van der Waals surface area contributed by atoms with Gasteiger partial charge in [0.25, 0.3) is 5.97 Å². The summed E-state index contributed by atoms with van der Waals surface area (Å²) in [5, 5.41) is 28.5. The van der Waals surface area contributed by atoms with E-state index in [9.17, 15) is 15.3 Å². The second-order valence-electron chi connectivity index (χ2n) is 9.76. The van der Waals surface area contributed by atoms with Crippen molar-refractivity contribution in [2.75, 3.05) is 0 Å². The van der Waals surface area contributed by atoms with Gasteiger partial charge in [-0.1, -0.05) is 31.9 Å². The highest BCUT2D eigenvalue weighted by Crippen LogP contribution is 2.66. The van der Waals surface area contributed by atoms with Crippen LogP contribution in [0.25, 0.3) is 0 Å². The van der Waals surface area contributed by atoms with Crippen LogP contribution in [-0.2, 0) is 0 Å². The van der Waals surface area contributed by atoms with Crippen LogP contribution in [0.3, 0.4) is 0 Å². The predicted molar refractivity (Wildman–Crippen MR) is 93.8 cm³/mol. The van der Waals surface area contributed by atoms with E-state index in [0.717, 1.165) is 18.3 Å². The third-order valence-corrected chi connectivity index (χ3v) is 8.73. The largest absolute Gasteiger partial charge is 0.344 e. The van der Waals surface area contributed by atoms with Crippen LogP contribution in [-0.4, -0.2) is 21.3 Å². The van der Waals surface area contributed by atoms with Crippen LogP contribution in [0.1, 0.15) is 78.1 Å². The molecule has 3 fully saturated rings. The molecule has 4 aliphatic rings. The summed E-state index contributed by atoms with van der Waals surface area (Å²) in [5.41, 5.74) is 2.33. The minimum atomic E-state index is -2.51. The highest BCUT2D eigenvalue weighted by atomic mass is 16.7. The molecule has 136 valence electrons. The van der Waals surface area contributed by atoms with Crippen LogP contribution in [0.15, 0.2) is 11.6 Å². The molecule has 4 rings (SSSR count). The smallest absolute Gasteiger partial charge is 0.275 e. The third-order valence-electron chi connectivity index (χ3n) is 8.73. The number of rotatable bonds is 2. The molecule has 0 spiro atoms. The van der Waals surface area contributed by atoms with Gasteiger partial charge in [0.2, 0.25) is 0 Å². The van der Waals surface area contributed by atoms with E-state index in [-0.39, 0.29) is 17.8 Å². The first-order valence-corrected chi connectivity index (χ1v) is 10.1. The maximum absolute atomic E-state index is 9.51. The Hall–Kier alpha value is -0.380. The van der Waals surface area contributed by atoms with E-state index >= 15 is 0 Å². The first-order chi connectivity index (χ1) is 11.2. The number of allylic oxidation sites excluding steroid dienone is 2. The third kappa shape index (κ3) is 2.50.